The first-order chi connectivity index (χ1) is 9.76. The number of nitrogens with zero attached hydrogens (tertiary/aromatic N) is 3. The van der Waals surface area contributed by atoms with Gasteiger partial charge in [-0.15, -0.1) is 0 Å². The summed E-state index contributed by atoms with van der Waals surface area (Å²) in [6.07, 6.45) is 9.00. The molecule has 0 atom stereocenters. The van der Waals surface area contributed by atoms with Gasteiger partial charge in [0, 0.05) is 43.6 Å². The average molecular weight is 276 g/mol. The predicted molar refractivity (Wildman–Crippen MR) is 83.9 cm³/mol. The Morgan fingerprint density at radius 1 is 1.20 bits per heavy atom. The minimum atomic E-state index is 0.731. The third-order valence-corrected chi connectivity index (χ3v) is 4.16. The van der Waals surface area contributed by atoms with E-state index < -0.39 is 0 Å². The molecule has 1 aliphatic carbocycles. The molecule has 0 amide bonds. The van der Waals surface area contributed by atoms with Gasteiger partial charge in [-0.3, -0.25) is 0 Å². The van der Waals surface area contributed by atoms with Crippen LogP contribution in [0.3, 0.4) is 0 Å². The molecule has 2 rings (SSSR count). The molecule has 1 saturated carbocycles. The normalized spacial score (nSPS) is 14.8. The van der Waals surface area contributed by atoms with Gasteiger partial charge < -0.3 is 10.2 Å². The van der Waals surface area contributed by atoms with Crippen molar-refractivity contribution in [2.75, 3.05) is 18.0 Å². The summed E-state index contributed by atoms with van der Waals surface area (Å²) < 4.78 is 0. The van der Waals surface area contributed by atoms with Crippen molar-refractivity contribution < 1.29 is 0 Å². The quantitative estimate of drug-likeness (QED) is 0.753. The van der Waals surface area contributed by atoms with Crippen LogP contribution in [-0.2, 0) is 6.54 Å². The summed E-state index contributed by atoms with van der Waals surface area (Å²) in [5.41, 5.74) is 1.18. The van der Waals surface area contributed by atoms with E-state index in [4.69, 9.17) is 0 Å². The number of hydrogen-bond donors (Lipinski definition) is 1. The first-order valence-corrected chi connectivity index (χ1v) is 8.06. The third kappa shape index (κ3) is 4.44. The number of hydrogen-bond acceptors (Lipinski definition) is 4. The highest BCUT2D eigenvalue weighted by molar-refractivity contribution is 5.29. The van der Waals surface area contributed by atoms with Crippen LogP contribution in [0, 0.1) is 5.92 Å². The van der Waals surface area contributed by atoms with Gasteiger partial charge in [0.1, 0.15) is 0 Å². The third-order valence-electron chi connectivity index (χ3n) is 4.16. The number of anilines is 1. The highest BCUT2D eigenvalue weighted by Gasteiger charge is 2.20. The van der Waals surface area contributed by atoms with Crippen molar-refractivity contribution in [1.29, 1.82) is 0 Å². The van der Waals surface area contributed by atoms with Crippen LogP contribution in [0.1, 0.15) is 52.0 Å². The Kier molecular flexibility index (Phi) is 5.77. The molecule has 0 bridgehead atoms. The lowest BCUT2D eigenvalue weighted by Gasteiger charge is -2.25. The Hall–Kier alpha value is -1.16. The van der Waals surface area contributed by atoms with Crippen molar-refractivity contribution in [3.05, 3.63) is 18.0 Å². The van der Waals surface area contributed by atoms with Crippen molar-refractivity contribution in [2.24, 2.45) is 5.92 Å². The van der Waals surface area contributed by atoms with E-state index >= 15 is 0 Å². The van der Waals surface area contributed by atoms with E-state index in [0.717, 1.165) is 37.5 Å². The molecular weight excluding hydrogens is 248 g/mol. The molecule has 20 heavy (non-hydrogen) atoms. The zero-order valence-corrected chi connectivity index (χ0v) is 13.1. The topological polar surface area (TPSA) is 41.1 Å². The van der Waals surface area contributed by atoms with Crippen molar-refractivity contribution in [2.45, 2.75) is 59.0 Å². The molecule has 112 valence electrons. The van der Waals surface area contributed by atoms with E-state index in [9.17, 15) is 0 Å². The van der Waals surface area contributed by atoms with Crippen LogP contribution >= 0.6 is 0 Å². The Balaban J connectivity index is 1.91. The van der Waals surface area contributed by atoms with Gasteiger partial charge in [0.25, 0.3) is 0 Å². The highest BCUT2D eigenvalue weighted by atomic mass is 15.2. The lowest BCUT2D eigenvalue weighted by Crippen LogP contribution is -2.30. The molecular formula is C16H28N4. The Bertz CT molecular complexity index is 382. The van der Waals surface area contributed by atoms with Crippen LogP contribution in [-0.4, -0.2) is 29.1 Å². The van der Waals surface area contributed by atoms with Gasteiger partial charge in [-0.2, -0.15) is 0 Å². The monoisotopic (exact) mass is 276 g/mol. The molecule has 0 unspecified atom stereocenters. The van der Waals surface area contributed by atoms with Crippen LogP contribution in [0.5, 0.6) is 0 Å². The van der Waals surface area contributed by atoms with E-state index in [0.29, 0.717) is 0 Å². The Morgan fingerprint density at radius 2 is 1.85 bits per heavy atom. The fraction of sp³-hybridized carbons (Fsp3) is 0.750. The van der Waals surface area contributed by atoms with Crippen LogP contribution in [0.25, 0.3) is 0 Å². The molecule has 0 aliphatic heterocycles. The van der Waals surface area contributed by atoms with Gasteiger partial charge in [-0.1, -0.05) is 26.7 Å². The zero-order valence-electron chi connectivity index (χ0n) is 13.1. The van der Waals surface area contributed by atoms with Gasteiger partial charge in [0.2, 0.25) is 5.95 Å². The second-order valence-corrected chi connectivity index (χ2v) is 5.77. The second kappa shape index (κ2) is 7.58. The van der Waals surface area contributed by atoms with E-state index in [1.54, 1.807) is 0 Å². The minimum absolute atomic E-state index is 0.731. The van der Waals surface area contributed by atoms with Gasteiger partial charge in [-0.05, 0) is 25.7 Å². The second-order valence-electron chi connectivity index (χ2n) is 5.77. The van der Waals surface area contributed by atoms with E-state index in [1.807, 2.05) is 12.4 Å². The summed E-state index contributed by atoms with van der Waals surface area (Å²) in [5, 5.41) is 3.49. The Labute approximate surface area is 123 Å². The van der Waals surface area contributed by atoms with Gasteiger partial charge in [-0.25, -0.2) is 9.97 Å². The van der Waals surface area contributed by atoms with Crippen LogP contribution < -0.4 is 10.2 Å². The van der Waals surface area contributed by atoms with E-state index in [1.165, 1.54) is 31.2 Å². The summed E-state index contributed by atoms with van der Waals surface area (Å²) in [5.74, 6) is 1.60. The molecule has 1 aromatic heterocycles. The average Bonchev–Trinajstić information content (AvgIpc) is 3.32. The first kappa shape index (κ1) is 15.2. The van der Waals surface area contributed by atoms with Crippen LogP contribution in [0.15, 0.2) is 12.4 Å². The molecule has 1 N–H and O–H groups in total. The summed E-state index contributed by atoms with van der Waals surface area (Å²) in [7, 11) is 0. The first-order valence-electron chi connectivity index (χ1n) is 8.06. The summed E-state index contributed by atoms with van der Waals surface area (Å²) in [6, 6.07) is 0.733. The Morgan fingerprint density at radius 3 is 2.35 bits per heavy atom. The van der Waals surface area contributed by atoms with E-state index in [-0.39, 0.29) is 0 Å². The molecule has 0 saturated heterocycles. The fourth-order valence-electron chi connectivity index (χ4n) is 2.36. The minimum Gasteiger partial charge on any atom is -0.341 e. The van der Waals surface area contributed by atoms with Gasteiger partial charge in [0.15, 0.2) is 0 Å². The van der Waals surface area contributed by atoms with Crippen molar-refractivity contribution in [3.8, 4) is 0 Å². The van der Waals surface area contributed by atoms with Crippen LogP contribution in [0.2, 0.25) is 0 Å². The summed E-state index contributed by atoms with van der Waals surface area (Å²) in [6.45, 7) is 9.61. The van der Waals surface area contributed by atoms with Crippen molar-refractivity contribution in [1.82, 2.24) is 15.3 Å². The van der Waals surface area contributed by atoms with Crippen LogP contribution in [0.4, 0.5) is 5.95 Å². The highest BCUT2D eigenvalue weighted by Crippen LogP contribution is 2.19. The fourth-order valence-corrected chi connectivity index (χ4v) is 2.36. The van der Waals surface area contributed by atoms with Crippen molar-refractivity contribution >= 4 is 5.95 Å². The molecule has 1 aliphatic rings. The van der Waals surface area contributed by atoms with E-state index in [2.05, 4.69) is 41.0 Å². The lowest BCUT2D eigenvalue weighted by atomic mass is 10.0. The molecule has 1 heterocycles. The molecule has 1 fully saturated rings. The number of aromatic nitrogens is 2. The van der Waals surface area contributed by atoms with Crippen molar-refractivity contribution in [3.63, 3.8) is 0 Å². The number of rotatable bonds is 9. The molecule has 4 heteroatoms. The molecule has 4 nitrogen and oxygen atoms in total. The molecule has 1 aromatic rings. The summed E-state index contributed by atoms with van der Waals surface area (Å²) >= 11 is 0. The summed E-state index contributed by atoms with van der Waals surface area (Å²) in [4.78, 5) is 11.4. The largest absolute Gasteiger partial charge is 0.341 e. The van der Waals surface area contributed by atoms with Gasteiger partial charge >= 0.3 is 0 Å². The molecule has 0 radical (unpaired) electrons. The lowest BCUT2D eigenvalue weighted by molar-refractivity contribution is 0.482. The molecule has 0 spiro atoms. The smallest absolute Gasteiger partial charge is 0.225 e. The number of nitrogens with one attached hydrogen (secondary N) is 1. The maximum absolute atomic E-state index is 4.54. The maximum Gasteiger partial charge on any atom is 0.225 e. The van der Waals surface area contributed by atoms with Gasteiger partial charge in [0.05, 0.1) is 0 Å². The maximum atomic E-state index is 4.54. The standard InChI is InChI=1S/C16H28N4/c1-4-13(5-2)12-20(6-3)16-18-10-14(11-19-16)9-17-15-7-8-15/h10-11,13,15,17H,4-9,12H2,1-3H3. The SMILES string of the molecule is CCC(CC)CN(CC)c1ncc(CNC2CC2)cn1. The molecule has 0 aromatic carbocycles. The predicted octanol–water partition coefficient (Wildman–Crippen LogP) is 2.99. The zero-order chi connectivity index (χ0) is 14.4.